The van der Waals surface area contributed by atoms with E-state index < -0.39 is 5.54 Å². The summed E-state index contributed by atoms with van der Waals surface area (Å²) in [6.07, 6.45) is 1.99. The van der Waals surface area contributed by atoms with Gasteiger partial charge in [0.15, 0.2) is 5.82 Å². The number of nitrogens with one attached hydrogen (secondary N) is 2. The SMILES string of the molecule is CSCC(C)(C)NC(=O)c1c(I)cccc1C(=O)Nc1ccc(-n2nnnc2C)cc1C. The number of aryl methyl sites for hydroxylation is 2. The molecular weight excluding hydrogens is 539 g/mol. The summed E-state index contributed by atoms with van der Waals surface area (Å²) in [5.74, 6) is 0.821. The van der Waals surface area contributed by atoms with Crippen molar-refractivity contribution in [3.05, 3.63) is 62.5 Å². The highest BCUT2D eigenvalue weighted by atomic mass is 127. The average Bonchev–Trinajstić information content (AvgIpc) is 3.14. The molecule has 0 aliphatic carbocycles. The Bertz CT molecular complexity index is 1160. The molecule has 2 N–H and O–H groups in total. The minimum Gasteiger partial charge on any atom is -0.346 e. The van der Waals surface area contributed by atoms with E-state index in [2.05, 4.69) is 48.7 Å². The number of hydrogen-bond donors (Lipinski definition) is 2. The number of benzene rings is 2. The number of nitrogens with zero attached hydrogens (tertiary/aromatic N) is 4. The highest BCUT2D eigenvalue weighted by molar-refractivity contribution is 14.1. The molecule has 1 heterocycles. The first-order valence-electron chi connectivity index (χ1n) is 9.90. The number of aromatic nitrogens is 4. The topological polar surface area (TPSA) is 102 Å². The van der Waals surface area contributed by atoms with Crippen LogP contribution in [0.2, 0.25) is 0 Å². The van der Waals surface area contributed by atoms with E-state index in [0.29, 0.717) is 26.2 Å². The minimum atomic E-state index is -0.399. The number of rotatable bonds is 7. The number of tetrazole rings is 1. The van der Waals surface area contributed by atoms with Crippen molar-refractivity contribution in [1.82, 2.24) is 25.5 Å². The minimum absolute atomic E-state index is 0.263. The number of thioether (sulfide) groups is 1. The van der Waals surface area contributed by atoms with Gasteiger partial charge in [0.05, 0.1) is 16.8 Å². The lowest BCUT2D eigenvalue weighted by atomic mass is 10.0. The molecule has 10 heteroatoms. The zero-order valence-electron chi connectivity index (χ0n) is 18.6. The number of halogens is 1. The Hall–Kier alpha value is -2.47. The highest BCUT2D eigenvalue weighted by Gasteiger charge is 2.26. The van der Waals surface area contributed by atoms with Crippen LogP contribution >= 0.6 is 34.4 Å². The summed E-state index contributed by atoms with van der Waals surface area (Å²) in [6, 6.07) is 10.8. The Balaban J connectivity index is 1.87. The van der Waals surface area contributed by atoms with E-state index in [-0.39, 0.29) is 11.8 Å². The van der Waals surface area contributed by atoms with Crippen molar-refractivity contribution in [3.63, 3.8) is 0 Å². The average molecular weight is 564 g/mol. The Morgan fingerprint density at radius 1 is 1.16 bits per heavy atom. The van der Waals surface area contributed by atoms with Crippen LogP contribution in [-0.2, 0) is 0 Å². The molecule has 3 rings (SSSR count). The van der Waals surface area contributed by atoms with E-state index in [1.807, 2.05) is 52.1 Å². The van der Waals surface area contributed by atoms with Gasteiger partial charge in [-0.05, 0) is 103 Å². The van der Waals surface area contributed by atoms with Crippen LogP contribution in [0.5, 0.6) is 0 Å². The second-order valence-corrected chi connectivity index (χ2v) is 10.1. The van der Waals surface area contributed by atoms with Crippen LogP contribution in [0.25, 0.3) is 5.69 Å². The molecule has 0 radical (unpaired) electrons. The summed E-state index contributed by atoms with van der Waals surface area (Å²) >= 11 is 3.75. The van der Waals surface area contributed by atoms with E-state index in [9.17, 15) is 9.59 Å². The number of hydrogen-bond acceptors (Lipinski definition) is 6. The second kappa shape index (κ2) is 9.99. The van der Waals surface area contributed by atoms with Gasteiger partial charge >= 0.3 is 0 Å². The van der Waals surface area contributed by atoms with Gasteiger partial charge < -0.3 is 10.6 Å². The van der Waals surface area contributed by atoms with Crippen molar-refractivity contribution in [2.24, 2.45) is 0 Å². The van der Waals surface area contributed by atoms with Crippen LogP contribution in [0.15, 0.2) is 36.4 Å². The molecule has 168 valence electrons. The molecule has 0 saturated carbocycles. The predicted octanol–water partition coefficient (Wildman–Crippen LogP) is 4.01. The zero-order chi connectivity index (χ0) is 23.5. The summed E-state index contributed by atoms with van der Waals surface area (Å²) in [5.41, 5.74) is 2.60. The summed E-state index contributed by atoms with van der Waals surface area (Å²) in [6.45, 7) is 7.64. The second-order valence-electron chi connectivity index (χ2n) is 8.02. The molecule has 2 aromatic carbocycles. The van der Waals surface area contributed by atoms with E-state index in [1.165, 1.54) is 0 Å². The predicted molar refractivity (Wildman–Crippen MR) is 136 cm³/mol. The number of carbonyl (C=O) groups is 2. The van der Waals surface area contributed by atoms with Crippen molar-refractivity contribution in [1.29, 1.82) is 0 Å². The third kappa shape index (κ3) is 5.47. The zero-order valence-corrected chi connectivity index (χ0v) is 21.5. The smallest absolute Gasteiger partial charge is 0.256 e. The van der Waals surface area contributed by atoms with E-state index in [1.54, 1.807) is 34.6 Å². The molecule has 0 atom stereocenters. The normalized spacial score (nSPS) is 11.3. The van der Waals surface area contributed by atoms with Crippen LogP contribution < -0.4 is 10.6 Å². The van der Waals surface area contributed by atoms with Crippen LogP contribution in [0, 0.1) is 17.4 Å². The Morgan fingerprint density at radius 2 is 1.91 bits per heavy atom. The van der Waals surface area contributed by atoms with E-state index >= 15 is 0 Å². The van der Waals surface area contributed by atoms with Crippen molar-refractivity contribution in [2.45, 2.75) is 33.2 Å². The van der Waals surface area contributed by atoms with Crippen molar-refractivity contribution in [2.75, 3.05) is 17.3 Å². The van der Waals surface area contributed by atoms with Gasteiger partial charge in [-0.1, -0.05) is 6.07 Å². The van der Waals surface area contributed by atoms with Crippen LogP contribution in [0.4, 0.5) is 5.69 Å². The molecule has 0 aliphatic rings. The lowest BCUT2D eigenvalue weighted by Crippen LogP contribution is -2.46. The van der Waals surface area contributed by atoms with Crippen LogP contribution in [-0.4, -0.2) is 49.6 Å². The summed E-state index contributed by atoms with van der Waals surface area (Å²) in [4.78, 5) is 26.2. The van der Waals surface area contributed by atoms with Gasteiger partial charge in [0.25, 0.3) is 11.8 Å². The first-order valence-corrected chi connectivity index (χ1v) is 12.4. The standard InChI is InChI=1S/C22H25IN6O2S/c1-13-11-15(29-14(2)26-27-28-29)9-10-18(13)24-20(30)16-7-6-8-17(23)19(16)21(31)25-22(3,4)12-32-5/h6-11H,12H2,1-5H3,(H,24,30)(H,25,31). The molecule has 0 aliphatic heterocycles. The molecule has 0 saturated heterocycles. The third-order valence-electron chi connectivity index (χ3n) is 4.77. The fourth-order valence-electron chi connectivity index (χ4n) is 3.29. The molecule has 0 bridgehead atoms. The quantitative estimate of drug-likeness (QED) is 0.421. The van der Waals surface area contributed by atoms with Crippen molar-refractivity contribution >= 4 is 51.9 Å². The highest BCUT2D eigenvalue weighted by Crippen LogP contribution is 2.23. The van der Waals surface area contributed by atoms with E-state index in [0.717, 1.165) is 17.0 Å². The van der Waals surface area contributed by atoms with Crippen molar-refractivity contribution < 1.29 is 9.59 Å². The molecule has 3 aromatic rings. The largest absolute Gasteiger partial charge is 0.346 e. The lowest BCUT2D eigenvalue weighted by molar-refractivity contribution is 0.0909. The first kappa shape index (κ1) is 24.2. The Kier molecular flexibility index (Phi) is 7.55. The molecule has 1 aromatic heterocycles. The Morgan fingerprint density at radius 3 is 2.53 bits per heavy atom. The van der Waals surface area contributed by atoms with Gasteiger partial charge in [-0.2, -0.15) is 16.4 Å². The van der Waals surface area contributed by atoms with Crippen molar-refractivity contribution in [3.8, 4) is 5.69 Å². The fourth-order valence-corrected chi connectivity index (χ4v) is 4.83. The molecule has 32 heavy (non-hydrogen) atoms. The maximum absolute atomic E-state index is 13.2. The summed E-state index contributed by atoms with van der Waals surface area (Å²) < 4.78 is 2.34. The third-order valence-corrected chi connectivity index (χ3v) is 6.68. The molecule has 0 unspecified atom stereocenters. The lowest BCUT2D eigenvalue weighted by Gasteiger charge is -2.26. The van der Waals surface area contributed by atoms with Gasteiger partial charge in [0.1, 0.15) is 0 Å². The fraction of sp³-hybridized carbons (Fsp3) is 0.318. The van der Waals surface area contributed by atoms with Gasteiger partial charge in [-0.15, -0.1) is 5.10 Å². The molecular formula is C22H25IN6O2S. The molecule has 8 nitrogen and oxygen atoms in total. The van der Waals surface area contributed by atoms with Gasteiger partial charge in [0.2, 0.25) is 0 Å². The van der Waals surface area contributed by atoms with Gasteiger partial charge in [-0.25, -0.2) is 0 Å². The molecule has 2 amide bonds. The monoisotopic (exact) mass is 564 g/mol. The van der Waals surface area contributed by atoms with Gasteiger partial charge in [-0.3, -0.25) is 9.59 Å². The number of carbonyl (C=O) groups excluding carboxylic acids is 2. The van der Waals surface area contributed by atoms with Crippen LogP contribution in [0.1, 0.15) is 46.0 Å². The molecule has 0 fully saturated rings. The first-order chi connectivity index (χ1) is 15.1. The maximum atomic E-state index is 13.2. The Labute approximate surface area is 205 Å². The number of anilines is 1. The maximum Gasteiger partial charge on any atom is 0.256 e. The van der Waals surface area contributed by atoms with E-state index in [4.69, 9.17) is 0 Å². The molecule has 0 spiro atoms. The summed E-state index contributed by atoms with van der Waals surface area (Å²) in [7, 11) is 0. The van der Waals surface area contributed by atoms with Crippen LogP contribution in [0.3, 0.4) is 0 Å². The summed E-state index contributed by atoms with van der Waals surface area (Å²) in [5, 5.41) is 17.5. The number of amides is 2. The van der Waals surface area contributed by atoms with Gasteiger partial charge in [0, 0.05) is 20.5 Å².